The van der Waals surface area contributed by atoms with Gasteiger partial charge in [-0.1, -0.05) is 47.5 Å². The van der Waals surface area contributed by atoms with Gasteiger partial charge in [-0.25, -0.2) is 13.2 Å². The third-order valence-corrected chi connectivity index (χ3v) is 9.54. The molecule has 6 nitrogen and oxygen atoms in total. The molecule has 2 heterocycles. The van der Waals surface area contributed by atoms with Crippen LogP contribution in [-0.2, 0) is 9.84 Å². The second-order valence-electron chi connectivity index (χ2n) is 7.85. The molecule has 1 amide bonds. The lowest BCUT2D eigenvalue weighted by Gasteiger charge is -2.07. The van der Waals surface area contributed by atoms with Crippen molar-refractivity contribution in [2.45, 2.75) is 30.6 Å². The SMILES string of the molecule is Cc1ccc(-c2scc(NC(=O)c3scc(S(=O)(=O)c4ccc(C)cc4)c3C)c2C(=O)O)cc1. The molecule has 0 atom stereocenters. The van der Waals surface area contributed by atoms with Crippen LogP contribution in [0.15, 0.2) is 69.1 Å². The van der Waals surface area contributed by atoms with E-state index in [0.29, 0.717) is 10.4 Å². The van der Waals surface area contributed by atoms with Gasteiger partial charge < -0.3 is 10.4 Å². The number of carbonyl (C=O) groups is 2. The number of thiophene rings is 2. The number of rotatable bonds is 6. The van der Waals surface area contributed by atoms with E-state index in [2.05, 4.69) is 5.32 Å². The van der Waals surface area contributed by atoms with E-state index in [4.69, 9.17) is 0 Å². The van der Waals surface area contributed by atoms with Crippen LogP contribution >= 0.6 is 22.7 Å². The molecule has 0 saturated heterocycles. The summed E-state index contributed by atoms with van der Waals surface area (Å²) >= 11 is 2.24. The van der Waals surface area contributed by atoms with Gasteiger partial charge in [0.15, 0.2) is 0 Å². The Labute approximate surface area is 205 Å². The maximum Gasteiger partial charge on any atom is 0.339 e. The van der Waals surface area contributed by atoms with Crippen molar-refractivity contribution < 1.29 is 23.1 Å². The van der Waals surface area contributed by atoms with Gasteiger partial charge in [-0.05, 0) is 44.0 Å². The summed E-state index contributed by atoms with van der Waals surface area (Å²) in [6.07, 6.45) is 0. The lowest BCUT2D eigenvalue weighted by atomic mass is 10.1. The molecule has 2 aromatic heterocycles. The van der Waals surface area contributed by atoms with Crippen LogP contribution in [0.5, 0.6) is 0 Å². The summed E-state index contributed by atoms with van der Waals surface area (Å²) in [6, 6.07) is 14.0. The topological polar surface area (TPSA) is 101 Å². The maximum absolute atomic E-state index is 13.1. The molecule has 9 heteroatoms. The maximum atomic E-state index is 13.1. The van der Waals surface area contributed by atoms with E-state index >= 15 is 0 Å². The monoisotopic (exact) mass is 511 g/mol. The van der Waals surface area contributed by atoms with Crippen LogP contribution in [0.1, 0.15) is 36.7 Å². The minimum absolute atomic E-state index is 0.00362. The van der Waals surface area contributed by atoms with Crippen molar-refractivity contribution in [2.75, 3.05) is 5.32 Å². The number of anilines is 1. The van der Waals surface area contributed by atoms with E-state index < -0.39 is 21.7 Å². The summed E-state index contributed by atoms with van der Waals surface area (Å²) in [5.74, 6) is -1.71. The second-order valence-corrected chi connectivity index (χ2v) is 11.5. The van der Waals surface area contributed by atoms with Gasteiger partial charge in [0.1, 0.15) is 5.56 Å². The Morgan fingerprint density at radius 1 is 0.853 bits per heavy atom. The summed E-state index contributed by atoms with van der Waals surface area (Å²) in [4.78, 5) is 26.0. The number of aromatic carboxylic acids is 1. The first-order chi connectivity index (χ1) is 16.1. The van der Waals surface area contributed by atoms with Crippen molar-refractivity contribution in [3.8, 4) is 10.4 Å². The molecule has 0 aliphatic carbocycles. The molecule has 0 radical (unpaired) electrons. The predicted molar refractivity (Wildman–Crippen MR) is 135 cm³/mol. The van der Waals surface area contributed by atoms with Crippen LogP contribution in [0, 0.1) is 20.8 Å². The molecule has 2 aromatic carbocycles. The van der Waals surface area contributed by atoms with Gasteiger partial charge in [0.2, 0.25) is 9.84 Å². The van der Waals surface area contributed by atoms with Gasteiger partial charge in [0.05, 0.1) is 25.2 Å². The molecule has 0 unspecified atom stereocenters. The van der Waals surface area contributed by atoms with Crippen LogP contribution in [0.4, 0.5) is 5.69 Å². The molecule has 0 aliphatic rings. The molecule has 0 spiro atoms. The highest BCUT2D eigenvalue weighted by Gasteiger charge is 2.27. The Bertz CT molecular complexity index is 1500. The first-order valence-corrected chi connectivity index (χ1v) is 13.5. The molecule has 0 fully saturated rings. The molecular weight excluding hydrogens is 490 g/mol. The minimum Gasteiger partial charge on any atom is -0.478 e. The highest BCUT2D eigenvalue weighted by molar-refractivity contribution is 7.91. The summed E-state index contributed by atoms with van der Waals surface area (Å²) in [6.45, 7) is 5.39. The summed E-state index contributed by atoms with van der Waals surface area (Å²) < 4.78 is 26.2. The van der Waals surface area contributed by atoms with Crippen LogP contribution in [0.3, 0.4) is 0 Å². The molecule has 174 valence electrons. The van der Waals surface area contributed by atoms with Gasteiger partial charge in [-0.3, -0.25) is 4.79 Å². The van der Waals surface area contributed by atoms with Crippen LogP contribution in [0.2, 0.25) is 0 Å². The number of carboxylic acids is 1. The smallest absolute Gasteiger partial charge is 0.339 e. The Morgan fingerprint density at radius 3 is 2.03 bits per heavy atom. The van der Waals surface area contributed by atoms with Crippen molar-refractivity contribution in [2.24, 2.45) is 0 Å². The molecule has 4 rings (SSSR count). The molecule has 34 heavy (non-hydrogen) atoms. The first-order valence-electron chi connectivity index (χ1n) is 10.2. The van der Waals surface area contributed by atoms with Gasteiger partial charge in [0.25, 0.3) is 5.91 Å². The molecule has 0 bridgehead atoms. The van der Waals surface area contributed by atoms with E-state index in [1.165, 1.54) is 16.7 Å². The molecular formula is C25H21NO5S3. The van der Waals surface area contributed by atoms with E-state index in [9.17, 15) is 23.1 Å². The molecule has 0 aliphatic heterocycles. The number of sulfone groups is 1. The highest BCUT2D eigenvalue weighted by atomic mass is 32.2. The normalized spacial score (nSPS) is 11.4. The van der Waals surface area contributed by atoms with Crippen LogP contribution in [-0.4, -0.2) is 25.4 Å². The van der Waals surface area contributed by atoms with Gasteiger partial charge in [-0.15, -0.1) is 22.7 Å². The van der Waals surface area contributed by atoms with E-state index in [0.717, 1.165) is 28.0 Å². The van der Waals surface area contributed by atoms with Gasteiger partial charge >= 0.3 is 5.97 Å². The molecule has 4 aromatic rings. The first kappa shape index (κ1) is 23.9. The summed E-state index contributed by atoms with van der Waals surface area (Å²) in [7, 11) is -3.79. The summed E-state index contributed by atoms with van der Waals surface area (Å²) in [5, 5.41) is 15.5. The van der Waals surface area contributed by atoms with E-state index in [1.54, 1.807) is 36.6 Å². The van der Waals surface area contributed by atoms with E-state index in [-0.39, 0.29) is 25.9 Å². The Balaban J connectivity index is 1.66. The Hall–Kier alpha value is -3.27. The standard InChI is InChI=1S/C25H21NO5S3/c1-14-4-8-17(9-5-14)23-21(25(28)29)19(12-32-23)26-24(27)22-16(3)20(13-33-22)34(30,31)18-10-6-15(2)7-11-18/h4-13H,1-3H3,(H,26,27)(H,28,29). The number of amides is 1. The largest absolute Gasteiger partial charge is 0.478 e. The fourth-order valence-corrected chi connectivity index (χ4v) is 7.31. The van der Waals surface area contributed by atoms with Gasteiger partial charge in [-0.2, -0.15) is 0 Å². The number of nitrogens with one attached hydrogen (secondary N) is 1. The Morgan fingerprint density at radius 2 is 1.44 bits per heavy atom. The molecule has 2 N–H and O–H groups in total. The number of aryl methyl sites for hydroxylation is 2. The quantitative estimate of drug-likeness (QED) is 0.322. The van der Waals surface area contributed by atoms with Crippen molar-refractivity contribution >= 4 is 50.1 Å². The van der Waals surface area contributed by atoms with Crippen LogP contribution < -0.4 is 5.32 Å². The van der Waals surface area contributed by atoms with Crippen molar-refractivity contribution in [3.05, 3.63) is 86.4 Å². The van der Waals surface area contributed by atoms with E-state index in [1.807, 2.05) is 38.1 Å². The highest BCUT2D eigenvalue weighted by Crippen LogP contribution is 2.37. The lowest BCUT2D eigenvalue weighted by Crippen LogP contribution is -2.14. The average Bonchev–Trinajstić information content (AvgIpc) is 3.38. The fourth-order valence-electron chi connectivity index (χ4n) is 3.49. The Kier molecular flexibility index (Phi) is 6.44. The third kappa shape index (κ3) is 4.42. The zero-order valence-electron chi connectivity index (χ0n) is 18.6. The average molecular weight is 512 g/mol. The number of hydrogen-bond acceptors (Lipinski definition) is 6. The number of carbonyl (C=O) groups excluding carboxylic acids is 1. The summed E-state index contributed by atoms with van der Waals surface area (Å²) in [5.41, 5.74) is 3.24. The minimum atomic E-state index is -3.79. The van der Waals surface area contributed by atoms with Crippen molar-refractivity contribution in [1.29, 1.82) is 0 Å². The van der Waals surface area contributed by atoms with Gasteiger partial charge in [0, 0.05) is 10.8 Å². The fraction of sp³-hybridized carbons (Fsp3) is 0.120. The second kappa shape index (κ2) is 9.17. The van der Waals surface area contributed by atoms with Crippen molar-refractivity contribution in [3.63, 3.8) is 0 Å². The number of benzene rings is 2. The number of carboxylic acid groups (broad SMARTS) is 1. The van der Waals surface area contributed by atoms with Crippen LogP contribution in [0.25, 0.3) is 10.4 Å². The van der Waals surface area contributed by atoms with Crippen molar-refractivity contribution in [1.82, 2.24) is 0 Å². The predicted octanol–water partition coefficient (Wildman–Crippen LogP) is 6.19. The number of hydrogen-bond donors (Lipinski definition) is 2. The lowest BCUT2D eigenvalue weighted by molar-refractivity contribution is 0.0699. The molecule has 0 saturated carbocycles. The zero-order chi connectivity index (χ0) is 24.6. The zero-order valence-corrected chi connectivity index (χ0v) is 21.0. The third-order valence-electron chi connectivity index (χ3n) is 5.39.